The number of nitrogen functional groups attached to an aromatic ring is 1. The van der Waals surface area contributed by atoms with Crippen LogP contribution in [0.15, 0.2) is 36.9 Å². The second-order valence-corrected chi connectivity index (χ2v) is 4.44. The Balaban J connectivity index is 1.96. The number of rotatable bonds is 3. The van der Waals surface area contributed by atoms with Gasteiger partial charge in [-0.25, -0.2) is 9.97 Å². The van der Waals surface area contributed by atoms with E-state index in [-0.39, 0.29) is 0 Å². The first kappa shape index (κ1) is 11.1. The third-order valence-corrected chi connectivity index (χ3v) is 3.21. The summed E-state index contributed by atoms with van der Waals surface area (Å²) in [5.74, 6) is 0.484. The lowest BCUT2D eigenvalue weighted by atomic mass is 10.3. The minimum Gasteiger partial charge on any atom is -0.369 e. The number of para-hydroxylation sites is 1. The highest BCUT2D eigenvalue weighted by atomic mass is 35.5. The highest BCUT2D eigenvalue weighted by molar-refractivity contribution is 6.35. The van der Waals surface area contributed by atoms with Gasteiger partial charge in [0.05, 0.1) is 16.9 Å². The molecule has 0 spiro atoms. The van der Waals surface area contributed by atoms with E-state index in [9.17, 15) is 0 Å². The van der Waals surface area contributed by atoms with Crippen LogP contribution in [0.2, 0.25) is 5.02 Å². The van der Waals surface area contributed by atoms with Gasteiger partial charge in [0.25, 0.3) is 0 Å². The third kappa shape index (κ3) is 1.82. The maximum absolute atomic E-state index is 6.10. The van der Waals surface area contributed by atoms with Crippen LogP contribution in [0.3, 0.4) is 0 Å². The second-order valence-electron chi connectivity index (χ2n) is 4.03. The van der Waals surface area contributed by atoms with Gasteiger partial charge in [-0.15, -0.1) is 0 Å². The first-order valence-electron chi connectivity index (χ1n) is 5.61. The minimum atomic E-state index is 0.484. The molecule has 2 aromatic heterocycles. The molecular weight excluding hydrogens is 250 g/mol. The number of benzene rings is 1. The van der Waals surface area contributed by atoms with E-state index < -0.39 is 0 Å². The summed E-state index contributed by atoms with van der Waals surface area (Å²) >= 11 is 6.10. The molecule has 5 nitrogen and oxygen atoms in total. The Morgan fingerprint density at radius 2 is 2.17 bits per heavy atom. The Hall–Kier alpha value is -2.01. The van der Waals surface area contributed by atoms with Crippen molar-refractivity contribution >= 4 is 28.6 Å². The van der Waals surface area contributed by atoms with Crippen LogP contribution in [0.1, 0.15) is 0 Å². The van der Waals surface area contributed by atoms with Gasteiger partial charge in [0, 0.05) is 25.5 Å². The maximum atomic E-state index is 6.10. The molecule has 0 fully saturated rings. The van der Waals surface area contributed by atoms with Crippen LogP contribution in [0.4, 0.5) is 5.95 Å². The van der Waals surface area contributed by atoms with Gasteiger partial charge in [-0.05, 0) is 12.1 Å². The number of aromatic nitrogens is 4. The lowest BCUT2D eigenvalue weighted by Crippen LogP contribution is -2.08. The lowest BCUT2D eigenvalue weighted by Gasteiger charge is -2.06. The van der Waals surface area contributed by atoms with Crippen molar-refractivity contribution < 1.29 is 0 Å². The zero-order chi connectivity index (χ0) is 12.5. The van der Waals surface area contributed by atoms with Crippen LogP contribution in [-0.4, -0.2) is 19.1 Å². The summed E-state index contributed by atoms with van der Waals surface area (Å²) in [6.07, 6.45) is 5.46. The van der Waals surface area contributed by atoms with E-state index >= 15 is 0 Å². The van der Waals surface area contributed by atoms with Gasteiger partial charge in [-0.1, -0.05) is 17.7 Å². The van der Waals surface area contributed by atoms with Crippen molar-refractivity contribution in [1.82, 2.24) is 19.1 Å². The van der Waals surface area contributed by atoms with Crippen LogP contribution >= 0.6 is 11.6 Å². The Kier molecular flexibility index (Phi) is 2.68. The summed E-state index contributed by atoms with van der Waals surface area (Å²) in [7, 11) is 0. The summed E-state index contributed by atoms with van der Waals surface area (Å²) in [4.78, 5) is 8.30. The van der Waals surface area contributed by atoms with Gasteiger partial charge in [-0.2, -0.15) is 0 Å². The van der Waals surface area contributed by atoms with E-state index in [0.717, 1.165) is 24.1 Å². The molecule has 6 heteroatoms. The van der Waals surface area contributed by atoms with Crippen LogP contribution in [0.25, 0.3) is 11.0 Å². The van der Waals surface area contributed by atoms with Gasteiger partial charge in [0.15, 0.2) is 0 Å². The highest BCUT2D eigenvalue weighted by Crippen LogP contribution is 2.24. The number of anilines is 1. The van der Waals surface area contributed by atoms with Crippen molar-refractivity contribution in [1.29, 1.82) is 0 Å². The van der Waals surface area contributed by atoms with Crippen molar-refractivity contribution in [3.05, 3.63) is 41.9 Å². The fraction of sp³-hybridized carbons (Fsp3) is 0.167. The number of fused-ring (bicyclic) bond motifs is 1. The molecule has 92 valence electrons. The highest BCUT2D eigenvalue weighted by Gasteiger charge is 2.10. The Bertz CT molecular complexity index is 671. The summed E-state index contributed by atoms with van der Waals surface area (Å²) in [5.41, 5.74) is 7.64. The van der Waals surface area contributed by atoms with Gasteiger partial charge >= 0.3 is 0 Å². The summed E-state index contributed by atoms with van der Waals surface area (Å²) in [5, 5.41) is 0.626. The van der Waals surface area contributed by atoms with E-state index in [1.165, 1.54) is 0 Å². The number of aryl methyl sites for hydroxylation is 2. The van der Waals surface area contributed by atoms with E-state index in [2.05, 4.69) is 9.97 Å². The zero-order valence-corrected chi connectivity index (χ0v) is 10.4. The van der Waals surface area contributed by atoms with E-state index in [0.29, 0.717) is 11.0 Å². The van der Waals surface area contributed by atoms with Gasteiger partial charge in [0.2, 0.25) is 5.95 Å². The molecule has 0 saturated carbocycles. The predicted molar refractivity (Wildman–Crippen MR) is 71.4 cm³/mol. The van der Waals surface area contributed by atoms with Crippen LogP contribution < -0.4 is 5.73 Å². The largest absolute Gasteiger partial charge is 0.369 e. The lowest BCUT2D eigenvalue weighted by molar-refractivity contribution is 0.594. The van der Waals surface area contributed by atoms with Gasteiger partial charge < -0.3 is 14.9 Å². The average molecular weight is 262 g/mol. The molecule has 2 heterocycles. The first-order chi connectivity index (χ1) is 8.75. The van der Waals surface area contributed by atoms with Crippen LogP contribution in [-0.2, 0) is 13.1 Å². The Morgan fingerprint density at radius 3 is 2.94 bits per heavy atom. The molecule has 0 bridgehead atoms. The van der Waals surface area contributed by atoms with E-state index in [1.54, 1.807) is 12.5 Å². The molecule has 0 atom stereocenters. The predicted octanol–water partition coefficient (Wildman–Crippen LogP) is 2.17. The third-order valence-electron chi connectivity index (χ3n) is 2.90. The molecule has 0 amide bonds. The second kappa shape index (κ2) is 4.34. The summed E-state index contributed by atoms with van der Waals surface area (Å²) in [6, 6.07) is 5.69. The fourth-order valence-electron chi connectivity index (χ4n) is 2.00. The normalized spacial score (nSPS) is 11.2. The molecular formula is C12H12ClN5. The standard InChI is InChI=1S/C12H12ClN5/c13-9-2-1-3-10-11(9)16-12(14)18(10)7-6-17-5-4-15-8-17/h1-5,8H,6-7H2,(H2,14,16). The average Bonchev–Trinajstić information content (AvgIpc) is 2.95. The van der Waals surface area contributed by atoms with Crippen LogP contribution in [0.5, 0.6) is 0 Å². The molecule has 0 aliphatic carbocycles. The monoisotopic (exact) mass is 261 g/mol. The van der Waals surface area contributed by atoms with Crippen molar-refractivity contribution in [3.63, 3.8) is 0 Å². The fourth-order valence-corrected chi connectivity index (χ4v) is 2.21. The topological polar surface area (TPSA) is 61.7 Å². The molecule has 0 aliphatic rings. The first-order valence-corrected chi connectivity index (χ1v) is 5.99. The van der Waals surface area contributed by atoms with E-state index in [4.69, 9.17) is 17.3 Å². The van der Waals surface area contributed by atoms with Crippen molar-refractivity contribution in [2.24, 2.45) is 0 Å². The van der Waals surface area contributed by atoms with Gasteiger partial charge in [-0.3, -0.25) is 0 Å². The quantitative estimate of drug-likeness (QED) is 0.786. The zero-order valence-electron chi connectivity index (χ0n) is 9.62. The summed E-state index contributed by atoms with van der Waals surface area (Å²) < 4.78 is 3.96. The Labute approximate surface area is 109 Å². The van der Waals surface area contributed by atoms with Crippen molar-refractivity contribution in [3.8, 4) is 0 Å². The molecule has 0 radical (unpaired) electrons. The maximum Gasteiger partial charge on any atom is 0.201 e. The molecule has 0 saturated heterocycles. The number of hydrogen-bond donors (Lipinski definition) is 1. The number of imidazole rings is 2. The molecule has 1 aromatic carbocycles. The SMILES string of the molecule is Nc1nc2c(Cl)cccc2n1CCn1ccnc1. The number of hydrogen-bond acceptors (Lipinski definition) is 3. The molecule has 0 unspecified atom stereocenters. The molecule has 3 aromatic rings. The van der Waals surface area contributed by atoms with Crippen LogP contribution in [0, 0.1) is 0 Å². The van der Waals surface area contributed by atoms with E-state index in [1.807, 2.05) is 33.5 Å². The van der Waals surface area contributed by atoms with Crippen molar-refractivity contribution in [2.45, 2.75) is 13.1 Å². The number of nitrogens with two attached hydrogens (primary N) is 1. The molecule has 2 N–H and O–H groups in total. The smallest absolute Gasteiger partial charge is 0.201 e. The number of halogens is 1. The molecule has 0 aliphatic heterocycles. The van der Waals surface area contributed by atoms with Gasteiger partial charge in [0.1, 0.15) is 5.52 Å². The summed E-state index contributed by atoms with van der Waals surface area (Å²) in [6.45, 7) is 1.53. The minimum absolute atomic E-state index is 0.484. The molecule has 18 heavy (non-hydrogen) atoms. The molecule has 3 rings (SSSR count). The Morgan fingerprint density at radius 1 is 1.28 bits per heavy atom. The number of nitrogens with zero attached hydrogens (tertiary/aromatic N) is 4. The van der Waals surface area contributed by atoms with Crippen molar-refractivity contribution in [2.75, 3.05) is 5.73 Å².